The van der Waals surface area contributed by atoms with E-state index in [4.69, 9.17) is 0 Å². The molecule has 0 bridgehead atoms. The third-order valence-corrected chi connectivity index (χ3v) is 4.32. The van der Waals surface area contributed by atoms with Gasteiger partial charge in [-0.2, -0.15) is 0 Å². The minimum atomic E-state index is 0.165. The van der Waals surface area contributed by atoms with E-state index in [9.17, 15) is 4.79 Å². The SMILES string of the molecule is Cc1ccc(C(=O)c2ccc3c(c2)CCC3)s1. The summed E-state index contributed by atoms with van der Waals surface area (Å²) in [5.41, 5.74) is 3.63. The van der Waals surface area contributed by atoms with Crippen LogP contribution < -0.4 is 0 Å². The molecule has 0 unspecified atom stereocenters. The molecule has 2 aromatic rings. The number of hydrogen-bond acceptors (Lipinski definition) is 2. The molecule has 0 amide bonds. The van der Waals surface area contributed by atoms with Crippen LogP contribution >= 0.6 is 11.3 Å². The molecular weight excluding hydrogens is 228 g/mol. The summed E-state index contributed by atoms with van der Waals surface area (Å²) >= 11 is 1.57. The molecule has 1 heterocycles. The van der Waals surface area contributed by atoms with Gasteiger partial charge in [0.25, 0.3) is 0 Å². The molecule has 3 rings (SSSR count). The van der Waals surface area contributed by atoms with Gasteiger partial charge in [-0.05, 0) is 55.5 Å². The van der Waals surface area contributed by atoms with Crippen molar-refractivity contribution >= 4 is 17.1 Å². The van der Waals surface area contributed by atoms with Crippen molar-refractivity contribution in [2.45, 2.75) is 26.2 Å². The van der Waals surface area contributed by atoms with E-state index in [1.165, 1.54) is 28.8 Å². The lowest BCUT2D eigenvalue weighted by molar-refractivity contribution is 0.104. The number of ketones is 1. The Kier molecular flexibility index (Phi) is 2.60. The Balaban J connectivity index is 1.97. The molecule has 1 aliphatic carbocycles. The molecule has 86 valence electrons. The molecular formula is C15H14OS. The Labute approximate surface area is 105 Å². The van der Waals surface area contributed by atoms with Crippen molar-refractivity contribution in [1.29, 1.82) is 0 Å². The fraction of sp³-hybridized carbons (Fsp3) is 0.267. The summed E-state index contributed by atoms with van der Waals surface area (Å²) in [5, 5.41) is 0. The normalized spacial score (nSPS) is 13.7. The third-order valence-electron chi connectivity index (χ3n) is 3.32. The quantitative estimate of drug-likeness (QED) is 0.732. The van der Waals surface area contributed by atoms with Gasteiger partial charge < -0.3 is 0 Å². The molecule has 0 radical (unpaired) electrons. The first-order chi connectivity index (χ1) is 8.24. The topological polar surface area (TPSA) is 17.1 Å². The van der Waals surface area contributed by atoms with Crippen LogP contribution in [0.5, 0.6) is 0 Å². The molecule has 1 aromatic heterocycles. The van der Waals surface area contributed by atoms with E-state index >= 15 is 0 Å². The van der Waals surface area contributed by atoms with Gasteiger partial charge in [0.2, 0.25) is 5.78 Å². The van der Waals surface area contributed by atoms with Crippen LogP contribution in [0.15, 0.2) is 30.3 Å². The lowest BCUT2D eigenvalue weighted by Crippen LogP contribution is -1.99. The summed E-state index contributed by atoms with van der Waals surface area (Å²) in [6, 6.07) is 10.1. The molecule has 0 atom stereocenters. The van der Waals surface area contributed by atoms with Crippen molar-refractivity contribution in [3.05, 3.63) is 56.8 Å². The maximum atomic E-state index is 12.3. The average molecular weight is 242 g/mol. The van der Waals surface area contributed by atoms with Crippen LogP contribution in [-0.2, 0) is 12.8 Å². The lowest BCUT2D eigenvalue weighted by Gasteiger charge is -2.02. The second kappa shape index (κ2) is 4.11. The van der Waals surface area contributed by atoms with Gasteiger partial charge in [-0.1, -0.05) is 12.1 Å². The van der Waals surface area contributed by atoms with Crippen molar-refractivity contribution in [3.63, 3.8) is 0 Å². The maximum Gasteiger partial charge on any atom is 0.202 e. The van der Waals surface area contributed by atoms with E-state index in [2.05, 4.69) is 12.1 Å². The number of rotatable bonds is 2. The van der Waals surface area contributed by atoms with Crippen molar-refractivity contribution in [3.8, 4) is 0 Å². The summed E-state index contributed by atoms with van der Waals surface area (Å²) in [7, 11) is 0. The van der Waals surface area contributed by atoms with E-state index < -0.39 is 0 Å². The number of hydrogen-bond donors (Lipinski definition) is 0. The molecule has 1 aliphatic rings. The zero-order valence-corrected chi connectivity index (χ0v) is 10.6. The second-order valence-corrected chi connectivity index (χ2v) is 5.86. The van der Waals surface area contributed by atoms with Gasteiger partial charge in [0.15, 0.2) is 0 Å². The number of carbonyl (C=O) groups is 1. The molecule has 0 fully saturated rings. The van der Waals surface area contributed by atoms with Crippen molar-refractivity contribution < 1.29 is 4.79 Å². The van der Waals surface area contributed by atoms with E-state index in [1.807, 2.05) is 25.1 Å². The molecule has 0 saturated heterocycles. The molecule has 0 spiro atoms. The molecule has 2 heteroatoms. The highest BCUT2D eigenvalue weighted by atomic mass is 32.1. The predicted molar refractivity (Wildman–Crippen MR) is 71.0 cm³/mol. The van der Waals surface area contributed by atoms with Gasteiger partial charge in [-0.15, -0.1) is 11.3 Å². The van der Waals surface area contributed by atoms with E-state index in [1.54, 1.807) is 11.3 Å². The van der Waals surface area contributed by atoms with Crippen LogP contribution in [-0.4, -0.2) is 5.78 Å². The van der Waals surface area contributed by atoms with Crippen molar-refractivity contribution in [1.82, 2.24) is 0 Å². The molecule has 0 saturated carbocycles. The smallest absolute Gasteiger partial charge is 0.202 e. The van der Waals surface area contributed by atoms with Crippen LogP contribution in [0.4, 0.5) is 0 Å². The highest BCUT2D eigenvalue weighted by Crippen LogP contribution is 2.25. The lowest BCUT2D eigenvalue weighted by atomic mass is 10.0. The third kappa shape index (κ3) is 1.93. The summed E-state index contributed by atoms with van der Waals surface area (Å²) in [5.74, 6) is 0.165. The molecule has 17 heavy (non-hydrogen) atoms. The fourth-order valence-corrected chi connectivity index (χ4v) is 3.24. The van der Waals surface area contributed by atoms with Gasteiger partial charge in [-0.25, -0.2) is 0 Å². The van der Waals surface area contributed by atoms with Crippen LogP contribution in [0.25, 0.3) is 0 Å². The number of carbonyl (C=O) groups excluding carboxylic acids is 1. The van der Waals surface area contributed by atoms with E-state index in [-0.39, 0.29) is 5.78 Å². The summed E-state index contributed by atoms with van der Waals surface area (Å²) in [4.78, 5) is 14.3. The minimum Gasteiger partial charge on any atom is -0.288 e. The van der Waals surface area contributed by atoms with Crippen molar-refractivity contribution in [2.24, 2.45) is 0 Å². The van der Waals surface area contributed by atoms with Crippen LogP contribution in [0, 0.1) is 6.92 Å². The number of fused-ring (bicyclic) bond motifs is 1. The average Bonchev–Trinajstić information content (AvgIpc) is 2.95. The Hall–Kier alpha value is -1.41. The second-order valence-electron chi connectivity index (χ2n) is 4.58. The Bertz CT molecular complexity index is 580. The molecule has 1 nitrogen and oxygen atoms in total. The summed E-state index contributed by atoms with van der Waals surface area (Å²) < 4.78 is 0. The standard InChI is InChI=1S/C15H14OS/c1-10-5-8-14(17-10)15(16)13-7-6-11-3-2-4-12(11)9-13/h5-9H,2-4H2,1H3. The van der Waals surface area contributed by atoms with Crippen LogP contribution in [0.3, 0.4) is 0 Å². The Morgan fingerprint density at radius 3 is 2.71 bits per heavy atom. The number of aryl methyl sites for hydroxylation is 3. The molecule has 0 N–H and O–H groups in total. The van der Waals surface area contributed by atoms with Gasteiger partial charge >= 0.3 is 0 Å². The Morgan fingerprint density at radius 2 is 1.94 bits per heavy atom. The van der Waals surface area contributed by atoms with Gasteiger partial charge in [0, 0.05) is 10.4 Å². The fourth-order valence-electron chi connectivity index (χ4n) is 2.41. The number of benzene rings is 1. The highest BCUT2D eigenvalue weighted by molar-refractivity contribution is 7.14. The maximum absolute atomic E-state index is 12.3. The highest BCUT2D eigenvalue weighted by Gasteiger charge is 2.15. The Morgan fingerprint density at radius 1 is 1.12 bits per heavy atom. The van der Waals surface area contributed by atoms with Gasteiger partial charge in [0.05, 0.1) is 4.88 Å². The van der Waals surface area contributed by atoms with Gasteiger partial charge in [-0.3, -0.25) is 4.79 Å². The first-order valence-corrected chi connectivity index (χ1v) is 6.78. The zero-order chi connectivity index (χ0) is 11.8. The van der Waals surface area contributed by atoms with Crippen molar-refractivity contribution in [2.75, 3.05) is 0 Å². The first-order valence-electron chi connectivity index (χ1n) is 5.97. The molecule has 0 aliphatic heterocycles. The molecule has 1 aromatic carbocycles. The van der Waals surface area contributed by atoms with Gasteiger partial charge in [0.1, 0.15) is 0 Å². The summed E-state index contributed by atoms with van der Waals surface area (Å²) in [6.07, 6.45) is 3.52. The van der Waals surface area contributed by atoms with E-state index in [0.29, 0.717) is 0 Å². The zero-order valence-electron chi connectivity index (χ0n) is 9.82. The number of thiophene rings is 1. The minimum absolute atomic E-state index is 0.165. The first kappa shape index (κ1) is 10.7. The monoisotopic (exact) mass is 242 g/mol. The largest absolute Gasteiger partial charge is 0.288 e. The summed E-state index contributed by atoms with van der Waals surface area (Å²) in [6.45, 7) is 2.03. The van der Waals surface area contributed by atoms with E-state index in [0.717, 1.165) is 16.9 Å². The van der Waals surface area contributed by atoms with Crippen LogP contribution in [0.2, 0.25) is 0 Å². The predicted octanol–water partition coefficient (Wildman–Crippen LogP) is 3.78. The van der Waals surface area contributed by atoms with Crippen LogP contribution in [0.1, 0.15) is 37.7 Å².